The largest absolute Gasteiger partial charge is 0.354 e. The van der Waals surface area contributed by atoms with Gasteiger partial charge in [-0.3, -0.25) is 0 Å². The Hall–Kier alpha value is -0.910. The molecule has 2 aromatic heterocycles. The monoisotopic (exact) mass is 338 g/mol. The third-order valence-electron chi connectivity index (χ3n) is 2.66. The molecule has 2 heterocycles. The number of nitrogens with one attached hydrogen (secondary N) is 1. The predicted molar refractivity (Wildman–Crippen MR) is 83.7 cm³/mol. The van der Waals surface area contributed by atoms with Crippen molar-refractivity contribution in [3.63, 3.8) is 0 Å². The lowest BCUT2D eigenvalue weighted by atomic mass is 10.3. The molecule has 0 aliphatic heterocycles. The molecule has 3 rings (SSSR count). The van der Waals surface area contributed by atoms with E-state index in [1.807, 2.05) is 12.1 Å². The van der Waals surface area contributed by atoms with Gasteiger partial charge in [0, 0.05) is 9.35 Å². The van der Waals surface area contributed by atoms with E-state index >= 15 is 0 Å². The summed E-state index contributed by atoms with van der Waals surface area (Å²) in [5, 5.41) is 6.53. The number of thiophene rings is 1. The lowest BCUT2D eigenvalue weighted by Crippen LogP contribution is -2.03. The minimum atomic E-state index is 0.300. The van der Waals surface area contributed by atoms with Crippen molar-refractivity contribution in [3.8, 4) is 0 Å². The number of aromatic nitrogens is 1. The molecule has 0 fully saturated rings. The maximum Gasteiger partial charge on any atom is 0.184 e. The van der Waals surface area contributed by atoms with E-state index in [1.54, 1.807) is 22.7 Å². The van der Waals surface area contributed by atoms with Gasteiger partial charge in [0.05, 0.1) is 16.3 Å². The standard InChI is InChI=1S/C13H11BrN2S2/c1-8(11-3-2-6-17-11)15-13-16-10-7-9(14)4-5-12(10)18-13/h2-8H,1H3,(H,15,16). The number of thiazole rings is 1. The van der Waals surface area contributed by atoms with Crippen LogP contribution in [-0.2, 0) is 0 Å². The maximum absolute atomic E-state index is 4.61. The molecule has 5 heteroatoms. The second kappa shape index (κ2) is 4.99. The zero-order chi connectivity index (χ0) is 12.5. The fourth-order valence-corrected chi connectivity index (χ4v) is 3.77. The van der Waals surface area contributed by atoms with E-state index in [0.717, 1.165) is 15.1 Å². The van der Waals surface area contributed by atoms with Gasteiger partial charge < -0.3 is 5.32 Å². The van der Waals surface area contributed by atoms with Crippen molar-refractivity contribution in [2.45, 2.75) is 13.0 Å². The number of fused-ring (bicyclic) bond motifs is 1. The van der Waals surface area contributed by atoms with Gasteiger partial charge in [-0.1, -0.05) is 33.3 Å². The highest BCUT2D eigenvalue weighted by Crippen LogP contribution is 2.31. The molecule has 1 aromatic carbocycles. The first kappa shape index (κ1) is 12.1. The number of hydrogen-bond acceptors (Lipinski definition) is 4. The summed E-state index contributed by atoms with van der Waals surface area (Å²) in [5.74, 6) is 0. The van der Waals surface area contributed by atoms with Crippen LogP contribution in [0.25, 0.3) is 10.2 Å². The highest BCUT2D eigenvalue weighted by atomic mass is 79.9. The van der Waals surface area contributed by atoms with Crippen molar-refractivity contribution in [1.29, 1.82) is 0 Å². The van der Waals surface area contributed by atoms with Gasteiger partial charge in [-0.05, 0) is 36.6 Å². The predicted octanol–water partition coefficient (Wildman–Crippen LogP) is 5.29. The molecule has 0 radical (unpaired) electrons. The molecule has 1 atom stereocenters. The third kappa shape index (κ3) is 2.43. The van der Waals surface area contributed by atoms with Gasteiger partial charge in [0.15, 0.2) is 5.13 Å². The summed E-state index contributed by atoms with van der Waals surface area (Å²) in [5.41, 5.74) is 1.04. The molecule has 0 aliphatic carbocycles. The smallest absolute Gasteiger partial charge is 0.184 e. The Bertz CT molecular complexity index is 661. The van der Waals surface area contributed by atoms with Gasteiger partial charge in [-0.15, -0.1) is 11.3 Å². The highest BCUT2D eigenvalue weighted by molar-refractivity contribution is 9.10. The number of benzene rings is 1. The molecule has 92 valence electrons. The van der Waals surface area contributed by atoms with Gasteiger partial charge in [0.25, 0.3) is 0 Å². The van der Waals surface area contributed by atoms with Crippen LogP contribution in [0.4, 0.5) is 5.13 Å². The fraction of sp³-hybridized carbons (Fsp3) is 0.154. The second-order valence-corrected chi connectivity index (χ2v) is 6.94. The maximum atomic E-state index is 4.61. The van der Waals surface area contributed by atoms with E-state index in [1.165, 1.54) is 9.58 Å². The first-order chi connectivity index (χ1) is 8.72. The Kier molecular flexibility index (Phi) is 3.37. The molecule has 2 nitrogen and oxygen atoms in total. The molecule has 0 amide bonds. The molecule has 18 heavy (non-hydrogen) atoms. The Morgan fingerprint density at radius 2 is 2.22 bits per heavy atom. The van der Waals surface area contributed by atoms with Crippen LogP contribution in [0.3, 0.4) is 0 Å². The van der Waals surface area contributed by atoms with Crippen LogP contribution in [0.15, 0.2) is 40.2 Å². The van der Waals surface area contributed by atoms with Crippen LogP contribution < -0.4 is 5.32 Å². The van der Waals surface area contributed by atoms with E-state index in [9.17, 15) is 0 Å². The summed E-state index contributed by atoms with van der Waals surface area (Å²) >= 11 is 6.93. The molecule has 0 aliphatic rings. The zero-order valence-corrected chi connectivity index (χ0v) is 12.9. The Morgan fingerprint density at radius 3 is 3.00 bits per heavy atom. The van der Waals surface area contributed by atoms with Crippen LogP contribution >= 0.6 is 38.6 Å². The number of hydrogen-bond donors (Lipinski definition) is 1. The third-order valence-corrected chi connectivity index (χ3v) is 5.18. The molecule has 0 spiro atoms. The normalized spacial score (nSPS) is 12.8. The van der Waals surface area contributed by atoms with Crippen molar-refractivity contribution in [3.05, 3.63) is 45.1 Å². The van der Waals surface area contributed by atoms with E-state index < -0.39 is 0 Å². The molecule has 0 saturated heterocycles. The Labute approximate surface area is 122 Å². The Balaban J connectivity index is 1.86. The summed E-state index contributed by atoms with van der Waals surface area (Å²) in [4.78, 5) is 5.93. The Morgan fingerprint density at radius 1 is 1.33 bits per heavy atom. The molecule has 0 bridgehead atoms. The first-order valence-corrected chi connectivity index (χ1v) is 8.07. The summed E-state index contributed by atoms with van der Waals surface area (Å²) in [7, 11) is 0. The minimum Gasteiger partial charge on any atom is -0.354 e. The number of rotatable bonds is 3. The average molecular weight is 339 g/mol. The van der Waals surface area contributed by atoms with Crippen molar-refractivity contribution in [2.75, 3.05) is 5.32 Å². The molecular formula is C13H11BrN2S2. The van der Waals surface area contributed by atoms with Gasteiger partial charge in [-0.25, -0.2) is 4.98 Å². The molecule has 3 aromatic rings. The number of anilines is 1. The van der Waals surface area contributed by atoms with Gasteiger partial charge in [0.1, 0.15) is 0 Å². The summed E-state index contributed by atoms with van der Waals surface area (Å²) in [6.45, 7) is 2.16. The van der Waals surface area contributed by atoms with Crippen molar-refractivity contribution < 1.29 is 0 Å². The summed E-state index contributed by atoms with van der Waals surface area (Å²) in [6.07, 6.45) is 0. The van der Waals surface area contributed by atoms with E-state index in [-0.39, 0.29) is 0 Å². The molecular weight excluding hydrogens is 328 g/mol. The van der Waals surface area contributed by atoms with E-state index in [4.69, 9.17) is 0 Å². The minimum absolute atomic E-state index is 0.300. The van der Waals surface area contributed by atoms with E-state index in [0.29, 0.717) is 6.04 Å². The quantitative estimate of drug-likeness (QED) is 0.701. The van der Waals surface area contributed by atoms with Crippen molar-refractivity contribution >= 4 is 54.0 Å². The van der Waals surface area contributed by atoms with Crippen LogP contribution in [0.2, 0.25) is 0 Å². The molecule has 1 N–H and O–H groups in total. The highest BCUT2D eigenvalue weighted by Gasteiger charge is 2.09. The fourth-order valence-electron chi connectivity index (χ4n) is 1.76. The SMILES string of the molecule is CC(Nc1nc2cc(Br)ccc2s1)c1cccs1. The van der Waals surface area contributed by atoms with Gasteiger partial charge in [-0.2, -0.15) is 0 Å². The average Bonchev–Trinajstić information content (AvgIpc) is 2.95. The molecule has 0 saturated carbocycles. The van der Waals surface area contributed by atoms with Crippen molar-refractivity contribution in [1.82, 2.24) is 4.98 Å². The van der Waals surface area contributed by atoms with Crippen LogP contribution in [0, 0.1) is 0 Å². The van der Waals surface area contributed by atoms with Gasteiger partial charge in [0.2, 0.25) is 0 Å². The zero-order valence-electron chi connectivity index (χ0n) is 9.68. The second-order valence-electron chi connectivity index (χ2n) is 4.01. The topological polar surface area (TPSA) is 24.9 Å². The summed E-state index contributed by atoms with van der Waals surface area (Å²) < 4.78 is 2.28. The lowest BCUT2D eigenvalue weighted by molar-refractivity contribution is 0.905. The first-order valence-electron chi connectivity index (χ1n) is 5.58. The molecule has 1 unspecified atom stereocenters. The summed E-state index contributed by atoms with van der Waals surface area (Å²) in [6, 6.07) is 10.7. The number of nitrogens with zero attached hydrogens (tertiary/aromatic N) is 1. The van der Waals surface area contributed by atoms with Crippen LogP contribution in [-0.4, -0.2) is 4.98 Å². The van der Waals surface area contributed by atoms with Crippen molar-refractivity contribution in [2.24, 2.45) is 0 Å². The lowest BCUT2D eigenvalue weighted by Gasteiger charge is -2.09. The van der Waals surface area contributed by atoms with Gasteiger partial charge >= 0.3 is 0 Å². The van der Waals surface area contributed by atoms with Crippen LogP contribution in [0.5, 0.6) is 0 Å². The number of halogens is 1. The van der Waals surface area contributed by atoms with Crippen LogP contribution in [0.1, 0.15) is 17.8 Å². The van der Waals surface area contributed by atoms with E-state index in [2.05, 4.69) is 56.7 Å².